The summed E-state index contributed by atoms with van der Waals surface area (Å²) in [4.78, 5) is 13.2. The number of hydrogen-bond acceptors (Lipinski definition) is 11. The Morgan fingerprint density at radius 3 is 2.31 bits per heavy atom. The van der Waals surface area contributed by atoms with Crippen molar-refractivity contribution in [3.63, 3.8) is 0 Å². The first-order valence-electron chi connectivity index (χ1n) is 13.6. The second-order valence-electron chi connectivity index (χ2n) is 10.1. The molecule has 2 atom stereocenters. The summed E-state index contributed by atoms with van der Waals surface area (Å²) in [6.45, 7) is 8.47. The van der Waals surface area contributed by atoms with Gasteiger partial charge in [0.1, 0.15) is 19.0 Å². The van der Waals surface area contributed by atoms with Crippen LogP contribution in [0.3, 0.4) is 0 Å². The smallest absolute Gasteiger partial charge is 0.339 e. The molecule has 1 fully saturated rings. The molecule has 3 aliphatic heterocycles. The number of hydrogen-bond donors (Lipinski definition) is 0. The number of rotatable bonds is 6. The van der Waals surface area contributed by atoms with Gasteiger partial charge in [-0.05, 0) is 62.9 Å². The molecule has 0 radical (unpaired) electrons. The highest BCUT2D eigenvalue weighted by atomic mass is 16.8. The van der Waals surface area contributed by atoms with Crippen LogP contribution in [0.2, 0.25) is 0 Å². The van der Waals surface area contributed by atoms with E-state index < -0.39 is 24.3 Å². The van der Waals surface area contributed by atoms with Crippen LogP contribution in [0.1, 0.15) is 43.6 Å². The van der Waals surface area contributed by atoms with Gasteiger partial charge in [-0.25, -0.2) is 4.79 Å². The second kappa shape index (κ2) is 12.2. The maximum absolute atomic E-state index is 13.2. The Hall–Kier alpha value is -3.77. The number of methoxy groups -OCH3 is 3. The zero-order valence-electron chi connectivity index (χ0n) is 24.9. The van der Waals surface area contributed by atoms with E-state index in [-0.39, 0.29) is 20.0 Å². The fourth-order valence-corrected chi connectivity index (χ4v) is 5.07. The van der Waals surface area contributed by atoms with E-state index in [9.17, 15) is 4.79 Å². The SMILES string of the molecule is CCOC.COc1cc2c(OC3COC(C)(C)OC(C)O3)c3c(c(-c4ccc5c(c4)OCO5)c2cc1OC)C(=O)OC3. The van der Waals surface area contributed by atoms with E-state index in [1.54, 1.807) is 28.3 Å². The molecular weight excluding hydrogens is 548 g/mol. The van der Waals surface area contributed by atoms with E-state index in [0.717, 1.165) is 12.2 Å². The van der Waals surface area contributed by atoms with Crippen molar-refractivity contribution in [3.05, 3.63) is 41.5 Å². The fraction of sp³-hybridized carbons (Fsp3) is 0.452. The Labute approximate surface area is 244 Å². The summed E-state index contributed by atoms with van der Waals surface area (Å²) in [5.41, 5.74) is 2.42. The molecule has 3 heterocycles. The van der Waals surface area contributed by atoms with Crippen molar-refractivity contribution < 1.29 is 52.2 Å². The quantitative estimate of drug-likeness (QED) is 0.346. The normalized spacial score (nSPS) is 20.2. The number of fused-ring (bicyclic) bond motifs is 3. The molecule has 3 aromatic rings. The number of carbonyl (C=O) groups excluding carboxylic acids is 1. The van der Waals surface area contributed by atoms with E-state index >= 15 is 0 Å². The monoisotopic (exact) mass is 584 g/mol. The lowest BCUT2D eigenvalue weighted by Crippen LogP contribution is -2.30. The summed E-state index contributed by atoms with van der Waals surface area (Å²) >= 11 is 0. The minimum atomic E-state index is -0.847. The summed E-state index contributed by atoms with van der Waals surface area (Å²) in [5.74, 6) is 1.37. The van der Waals surface area contributed by atoms with Crippen LogP contribution >= 0.6 is 0 Å². The van der Waals surface area contributed by atoms with Crippen molar-refractivity contribution in [2.75, 3.05) is 41.3 Å². The van der Waals surface area contributed by atoms with Crippen molar-refractivity contribution >= 4 is 16.7 Å². The maximum Gasteiger partial charge on any atom is 0.339 e. The summed E-state index contributed by atoms with van der Waals surface area (Å²) in [7, 11) is 4.80. The molecule has 6 rings (SSSR count). The molecule has 0 aliphatic carbocycles. The van der Waals surface area contributed by atoms with Crippen LogP contribution in [-0.2, 0) is 30.3 Å². The number of ether oxygens (including phenoxy) is 10. The minimum Gasteiger partial charge on any atom is -0.493 e. The molecule has 42 heavy (non-hydrogen) atoms. The van der Waals surface area contributed by atoms with E-state index in [1.807, 2.05) is 51.1 Å². The Bertz CT molecular complexity index is 1460. The first kappa shape index (κ1) is 29.7. The van der Waals surface area contributed by atoms with Gasteiger partial charge in [-0.1, -0.05) is 6.07 Å². The number of esters is 1. The molecule has 3 aliphatic rings. The van der Waals surface area contributed by atoms with Gasteiger partial charge in [-0.2, -0.15) is 0 Å². The van der Waals surface area contributed by atoms with Crippen LogP contribution in [0.15, 0.2) is 30.3 Å². The highest BCUT2D eigenvalue weighted by Crippen LogP contribution is 2.49. The third kappa shape index (κ3) is 5.78. The summed E-state index contributed by atoms with van der Waals surface area (Å²) in [5, 5.41) is 1.39. The molecule has 0 spiro atoms. The van der Waals surface area contributed by atoms with Crippen molar-refractivity contribution in [2.45, 2.75) is 52.7 Å². The fourth-order valence-electron chi connectivity index (χ4n) is 5.07. The molecule has 2 unspecified atom stereocenters. The van der Waals surface area contributed by atoms with Gasteiger partial charge in [-0.3, -0.25) is 0 Å². The lowest BCUT2D eigenvalue weighted by atomic mass is 9.89. The van der Waals surface area contributed by atoms with Crippen molar-refractivity contribution in [1.29, 1.82) is 0 Å². The first-order chi connectivity index (χ1) is 20.2. The van der Waals surface area contributed by atoms with Gasteiger partial charge in [0.05, 0.1) is 19.8 Å². The lowest BCUT2D eigenvalue weighted by Gasteiger charge is -2.24. The molecule has 0 aromatic heterocycles. The average Bonchev–Trinajstić information content (AvgIpc) is 3.57. The van der Waals surface area contributed by atoms with Gasteiger partial charge < -0.3 is 47.4 Å². The second-order valence-corrected chi connectivity index (χ2v) is 10.1. The molecule has 0 saturated carbocycles. The first-order valence-corrected chi connectivity index (χ1v) is 13.6. The van der Waals surface area contributed by atoms with E-state index in [0.29, 0.717) is 56.2 Å². The molecule has 3 aromatic carbocycles. The average molecular weight is 585 g/mol. The highest BCUT2D eigenvalue weighted by molar-refractivity contribution is 6.14. The number of cyclic esters (lactones) is 1. The highest BCUT2D eigenvalue weighted by Gasteiger charge is 2.36. The van der Waals surface area contributed by atoms with Gasteiger partial charge >= 0.3 is 5.97 Å². The van der Waals surface area contributed by atoms with Gasteiger partial charge in [0.2, 0.25) is 13.1 Å². The molecule has 11 nitrogen and oxygen atoms in total. The van der Waals surface area contributed by atoms with Gasteiger partial charge in [0, 0.05) is 30.2 Å². The molecule has 0 N–H and O–H groups in total. The summed E-state index contributed by atoms with van der Waals surface area (Å²) < 4.78 is 56.5. The van der Waals surface area contributed by atoms with Crippen LogP contribution in [0.4, 0.5) is 0 Å². The van der Waals surface area contributed by atoms with Crippen LogP contribution in [0.5, 0.6) is 28.7 Å². The minimum absolute atomic E-state index is 0.0382. The van der Waals surface area contributed by atoms with Crippen LogP contribution in [-0.4, -0.2) is 65.7 Å². The topological polar surface area (TPSA) is 109 Å². The summed E-state index contributed by atoms with van der Waals surface area (Å²) in [6, 6.07) is 9.20. The number of carbonyl (C=O) groups is 1. The van der Waals surface area contributed by atoms with Gasteiger partial charge in [0.15, 0.2) is 35.1 Å². The van der Waals surface area contributed by atoms with Crippen molar-refractivity contribution in [2.24, 2.45) is 0 Å². The number of benzene rings is 3. The van der Waals surface area contributed by atoms with E-state index in [2.05, 4.69) is 4.74 Å². The Kier molecular flexibility index (Phi) is 8.65. The molecular formula is C31H36O11. The Morgan fingerprint density at radius 2 is 1.62 bits per heavy atom. The lowest BCUT2D eigenvalue weighted by molar-refractivity contribution is -0.258. The Balaban J connectivity index is 0.000000830. The van der Waals surface area contributed by atoms with Crippen molar-refractivity contribution in [3.8, 4) is 39.9 Å². The molecule has 11 heteroatoms. The largest absolute Gasteiger partial charge is 0.493 e. The Morgan fingerprint density at radius 1 is 0.929 bits per heavy atom. The predicted molar refractivity (Wildman–Crippen MR) is 151 cm³/mol. The van der Waals surface area contributed by atoms with Crippen LogP contribution in [0.25, 0.3) is 21.9 Å². The molecule has 0 amide bonds. The maximum atomic E-state index is 13.2. The third-order valence-electron chi connectivity index (χ3n) is 6.97. The van der Waals surface area contributed by atoms with Crippen LogP contribution in [0, 0.1) is 0 Å². The van der Waals surface area contributed by atoms with Gasteiger partial charge in [0.25, 0.3) is 0 Å². The van der Waals surface area contributed by atoms with Crippen LogP contribution < -0.4 is 23.7 Å². The molecule has 0 bridgehead atoms. The third-order valence-corrected chi connectivity index (χ3v) is 6.97. The predicted octanol–water partition coefficient (Wildman–Crippen LogP) is 5.43. The van der Waals surface area contributed by atoms with E-state index in [1.165, 1.54) is 0 Å². The zero-order valence-corrected chi connectivity index (χ0v) is 24.9. The van der Waals surface area contributed by atoms with Gasteiger partial charge in [-0.15, -0.1) is 0 Å². The van der Waals surface area contributed by atoms with Crippen molar-refractivity contribution in [1.82, 2.24) is 0 Å². The molecule has 1 saturated heterocycles. The standard InChI is InChI=1S/C28H28O10.C3H8O/c1-14-36-23(12-35-28(2,3)38-14)37-26-17-10-21(31-5)20(30-4)9-16(17)24(25-18(26)11-32-27(25)29)15-6-7-19-22(8-15)34-13-33-19;1-3-4-2/h6-10,14,23H,11-13H2,1-5H3;3H2,1-2H3. The summed E-state index contributed by atoms with van der Waals surface area (Å²) in [6.07, 6.45) is -1.39. The zero-order chi connectivity index (χ0) is 30.0. The van der Waals surface area contributed by atoms with E-state index in [4.69, 9.17) is 42.6 Å². The molecule has 226 valence electrons.